The first kappa shape index (κ1) is 13.9. The lowest BCUT2D eigenvalue weighted by atomic mass is 10.2. The predicted octanol–water partition coefficient (Wildman–Crippen LogP) is 3.75. The second-order valence-electron chi connectivity index (χ2n) is 4.23. The zero-order valence-electron chi connectivity index (χ0n) is 11.2. The Morgan fingerprint density at radius 1 is 1.32 bits per heavy atom. The Morgan fingerprint density at radius 3 is 2.68 bits per heavy atom. The average molecular weight is 325 g/mol. The molecule has 2 rings (SSSR count). The third kappa shape index (κ3) is 3.26. The normalized spacial score (nSPS) is 12.2. The first-order valence-corrected chi connectivity index (χ1v) is 6.98. The molecule has 0 fully saturated rings. The van der Waals surface area contributed by atoms with Crippen molar-refractivity contribution in [2.45, 2.75) is 26.8 Å². The molecule has 1 unspecified atom stereocenters. The molecule has 2 heterocycles. The van der Waals surface area contributed by atoms with Gasteiger partial charge in [-0.15, -0.1) is 0 Å². The third-order valence-electron chi connectivity index (χ3n) is 2.67. The first-order chi connectivity index (χ1) is 9.11. The lowest BCUT2D eigenvalue weighted by molar-refractivity contribution is 0.466. The molecule has 0 aliphatic carbocycles. The average Bonchev–Trinajstić information content (AvgIpc) is 2.81. The van der Waals surface area contributed by atoms with Crippen LogP contribution in [0, 0.1) is 6.92 Å². The zero-order chi connectivity index (χ0) is 13.8. The van der Waals surface area contributed by atoms with E-state index in [0.717, 1.165) is 34.2 Å². The predicted molar refractivity (Wildman–Crippen MR) is 79.4 cm³/mol. The summed E-state index contributed by atoms with van der Waals surface area (Å²) in [4.78, 5) is 8.42. The minimum Gasteiger partial charge on any atom is -0.464 e. The van der Waals surface area contributed by atoms with Crippen molar-refractivity contribution in [3.8, 4) is 0 Å². The van der Waals surface area contributed by atoms with Gasteiger partial charge in [0, 0.05) is 6.54 Å². The summed E-state index contributed by atoms with van der Waals surface area (Å²) in [5, 5.41) is 6.48. The summed E-state index contributed by atoms with van der Waals surface area (Å²) in [5.41, 5.74) is 0. The van der Waals surface area contributed by atoms with Crippen LogP contribution in [0.15, 0.2) is 27.3 Å². The molecule has 0 aliphatic rings. The van der Waals surface area contributed by atoms with Crippen molar-refractivity contribution in [1.29, 1.82) is 0 Å². The number of aryl methyl sites for hydroxylation is 1. The fraction of sp³-hybridized carbons (Fsp3) is 0.385. The molecule has 0 spiro atoms. The van der Waals surface area contributed by atoms with Crippen LogP contribution in [0.1, 0.15) is 31.4 Å². The van der Waals surface area contributed by atoms with E-state index in [1.165, 1.54) is 6.33 Å². The van der Waals surface area contributed by atoms with Gasteiger partial charge >= 0.3 is 0 Å². The number of anilines is 2. The fourth-order valence-corrected chi connectivity index (χ4v) is 2.18. The van der Waals surface area contributed by atoms with Gasteiger partial charge in [0.05, 0.1) is 6.04 Å². The number of halogens is 1. The minimum atomic E-state index is 0.0365. The summed E-state index contributed by atoms with van der Waals surface area (Å²) in [6.45, 7) is 6.79. The number of hydrogen-bond acceptors (Lipinski definition) is 5. The molecule has 0 aromatic carbocycles. The number of nitrogens with one attached hydrogen (secondary N) is 2. The van der Waals surface area contributed by atoms with Crippen molar-refractivity contribution < 1.29 is 4.42 Å². The van der Waals surface area contributed by atoms with Gasteiger partial charge in [-0.2, -0.15) is 0 Å². The van der Waals surface area contributed by atoms with Crippen LogP contribution in [0.2, 0.25) is 0 Å². The summed E-state index contributed by atoms with van der Waals surface area (Å²) >= 11 is 3.51. The SMILES string of the molecule is CCNc1ncnc(NC(C)c2ccc(C)o2)c1Br. The van der Waals surface area contributed by atoms with Crippen molar-refractivity contribution in [3.63, 3.8) is 0 Å². The maximum Gasteiger partial charge on any atom is 0.146 e. The van der Waals surface area contributed by atoms with E-state index in [1.54, 1.807) is 0 Å². The molecule has 102 valence electrons. The van der Waals surface area contributed by atoms with Crippen LogP contribution >= 0.6 is 15.9 Å². The second-order valence-corrected chi connectivity index (χ2v) is 5.02. The maximum atomic E-state index is 5.60. The van der Waals surface area contributed by atoms with Crippen molar-refractivity contribution in [1.82, 2.24) is 9.97 Å². The van der Waals surface area contributed by atoms with E-state index in [9.17, 15) is 0 Å². The lowest BCUT2D eigenvalue weighted by Gasteiger charge is -2.15. The number of furan rings is 1. The molecule has 1 atom stereocenters. The second kappa shape index (κ2) is 6.06. The Bertz CT molecular complexity index is 555. The highest BCUT2D eigenvalue weighted by Gasteiger charge is 2.14. The first-order valence-electron chi connectivity index (χ1n) is 6.19. The van der Waals surface area contributed by atoms with Crippen LogP contribution in [0.25, 0.3) is 0 Å². The Labute approximate surface area is 121 Å². The highest BCUT2D eigenvalue weighted by molar-refractivity contribution is 9.10. The standard InChI is InChI=1S/C13H17BrN4O/c1-4-15-12-11(14)13(17-7-16-12)18-9(3)10-6-5-8(2)19-10/h5-7,9H,4H2,1-3H3,(H2,15,16,17,18). The highest BCUT2D eigenvalue weighted by Crippen LogP contribution is 2.29. The molecule has 2 aromatic rings. The summed E-state index contributed by atoms with van der Waals surface area (Å²) in [6, 6.07) is 3.95. The summed E-state index contributed by atoms with van der Waals surface area (Å²) in [6.07, 6.45) is 1.53. The van der Waals surface area contributed by atoms with E-state index in [4.69, 9.17) is 4.42 Å². The lowest BCUT2D eigenvalue weighted by Crippen LogP contribution is -2.10. The monoisotopic (exact) mass is 324 g/mol. The van der Waals surface area contributed by atoms with Crippen LogP contribution in [0.4, 0.5) is 11.6 Å². The number of nitrogens with zero attached hydrogens (tertiary/aromatic N) is 2. The number of hydrogen-bond donors (Lipinski definition) is 2. The fourth-order valence-electron chi connectivity index (χ4n) is 1.72. The number of rotatable bonds is 5. The molecule has 0 saturated heterocycles. The van der Waals surface area contributed by atoms with E-state index in [2.05, 4.69) is 36.5 Å². The Kier molecular flexibility index (Phi) is 4.42. The molecular formula is C13H17BrN4O. The van der Waals surface area contributed by atoms with E-state index < -0.39 is 0 Å². The number of aromatic nitrogens is 2. The van der Waals surface area contributed by atoms with Crippen LogP contribution < -0.4 is 10.6 Å². The van der Waals surface area contributed by atoms with Crippen LogP contribution in [-0.4, -0.2) is 16.5 Å². The Morgan fingerprint density at radius 2 is 2.05 bits per heavy atom. The van der Waals surface area contributed by atoms with E-state index >= 15 is 0 Å². The Hall–Kier alpha value is -1.56. The van der Waals surface area contributed by atoms with Gasteiger partial charge in [0.25, 0.3) is 0 Å². The molecule has 19 heavy (non-hydrogen) atoms. The van der Waals surface area contributed by atoms with Crippen LogP contribution in [-0.2, 0) is 0 Å². The molecule has 0 bridgehead atoms. The van der Waals surface area contributed by atoms with Gasteiger partial charge in [0.2, 0.25) is 0 Å². The van der Waals surface area contributed by atoms with Gasteiger partial charge in [-0.1, -0.05) is 0 Å². The molecule has 6 heteroatoms. The molecular weight excluding hydrogens is 308 g/mol. The van der Waals surface area contributed by atoms with Crippen LogP contribution in [0.3, 0.4) is 0 Å². The molecule has 5 nitrogen and oxygen atoms in total. The van der Waals surface area contributed by atoms with Crippen molar-refractivity contribution >= 4 is 27.6 Å². The van der Waals surface area contributed by atoms with E-state index in [0.29, 0.717) is 0 Å². The molecule has 0 amide bonds. The summed E-state index contributed by atoms with van der Waals surface area (Å²) in [5.74, 6) is 3.31. The van der Waals surface area contributed by atoms with E-state index in [-0.39, 0.29) is 6.04 Å². The molecule has 2 aromatic heterocycles. The summed E-state index contributed by atoms with van der Waals surface area (Å²) in [7, 11) is 0. The van der Waals surface area contributed by atoms with Gasteiger partial charge in [0.1, 0.15) is 34.0 Å². The van der Waals surface area contributed by atoms with Gasteiger partial charge in [0.15, 0.2) is 0 Å². The zero-order valence-corrected chi connectivity index (χ0v) is 12.8. The molecule has 0 aliphatic heterocycles. The quantitative estimate of drug-likeness (QED) is 0.877. The van der Waals surface area contributed by atoms with Crippen molar-refractivity contribution in [3.05, 3.63) is 34.5 Å². The van der Waals surface area contributed by atoms with Crippen molar-refractivity contribution in [2.24, 2.45) is 0 Å². The van der Waals surface area contributed by atoms with Gasteiger partial charge in [-0.05, 0) is 48.8 Å². The molecule has 2 N–H and O–H groups in total. The maximum absolute atomic E-state index is 5.60. The minimum absolute atomic E-state index is 0.0365. The van der Waals surface area contributed by atoms with E-state index in [1.807, 2.05) is 32.9 Å². The topological polar surface area (TPSA) is 63.0 Å². The van der Waals surface area contributed by atoms with Gasteiger partial charge in [-0.3, -0.25) is 0 Å². The van der Waals surface area contributed by atoms with Gasteiger partial charge in [-0.25, -0.2) is 9.97 Å². The van der Waals surface area contributed by atoms with Gasteiger partial charge < -0.3 is 15.1 Å². The third-order valence-corrected chi connectivity index (χ3v) is 3.43. The van der Waals surface area contributed by atoms with Crippen LogP contribution in [0.5, 0.6) is 0 Å². The largest absolute Gasteiger partial charge is 0.464 e. The summed E-state index contributed by atoms with van der Waals surface area (Å²) < 4.78 is 6.42. The van der Waals surface area contributed by atoms with Crippen molar-refractivity contribution in [2.75, 3.05) is 17.2 Å². The highest BCUT2D eigenvalue weighted by atomic mass is 79.9. The molecule has 0 radical (unpaired) electrons. The smallest absolute Gasteiger partial charge is 0.146 e. The Balaban J connectivity index is 2.16. The molecule has 0 saturated carbocycles.